The van der Waals surface area contributed by atoms with E-state index in [4.69, 9.17) is 9.47 Å². The molecule has 1 aromatic heterocycles. The van der Waals surface area contributed by atoms with Crippen molar-refractivity contribution in [3.63, 3.8) is 0 Å². The summed E-state index contributed by atoms with van der Waals surface area (Å²) in [6, 6.07) is 10.2. The topological polar surface area (TPSA) is 26.6 Å². The van der Waals surface area contributed by atoms with Crippen LogP contribution in [0.15, 0.2) is 30.5 Å². The summed E-state index contributed by atoms with van der Waals surface area (Å²) in [6.45, 7) is 13.4. The third kappa shape index (κ3) is 4.93. The lowest BCUT2D eigenvalue weighted by atomic mass is 10.1. The van der Waals surface area contributed by atoms with Gasteiger partial charge < -0.3 is 14.0 Å². The maximum atomic E-state index is 5.92. The minimum atomic E-state index is -1.02. The first-order valence-corrected chi connectivity index (χ1v) is 12.7. The zero-order valence-electron chi connectivity index (χ0n) is 15.3. The fraction of sp³-hybridized carbons (Fsp3) is 0.579. The molecule has 2 heterocycles. The number of hydrogen-bond acceptors (Lipinski definition) is 3. The SMILES string of the molecule is C[Si](C)(C)CCOCn1ccc2ccc(CN3CCOCC3)cc21. The summed E-state index contributed by atoms with van der Waals surface area (Å²) in [4.78, 5) is 2.46. The lowest BCUT2D eigenvalue weighted by Gasteiger charge is -2.26. The maximum Gasteiger partial charge on any atom is 0.122 e. The van der Waals surface area contributed by atoms with Crippen LogP contribution >= 0.6 is 0 Å². The number of rotatable bonds is 7. The summed E-state index contributed by atoms with van der Waals surface area (Å²) in [6.07, 6.45) is 2.14. The highest BCUT2D eigenvalue weighted by molar-refractivity contribution is 6.76. The average Bonchev–Trinajstić information content (AvgIpc) is 2.94. The molecule has 2 aromatic rings. The molecule has 0 N–H and O–H groups in total. The van der Waals surface area contributed by atoms with E-state index in [0.717, 1.165) is 39.5 Å². The highest BCUT2D eigenvalue weighted by Crippen LogP contribution is 2.19. The van der Waals surface area contributed by atoms with Crippen LogP contribution < -0.4 is 0 Å². The van der Waals surface area contributed by atoms with E-state index in [2.05, 4.69) is 59.6 Å². The summed E-state index contributed by atoms with van der Waals surface area (Å²) in [5, 5.41) is 1.29. The van der Waals surface area contributed by atoms with Gasteiger partial charge in [-0.1, -0.05) is 31.8 Å². The lowest BCUT2D eigenvalue weighted by Crippen LogP contribution is -2.35. The smallest absolute Gasteiger partial charge is 0.122 e. The second kappa shape index (κ2) is 7.83. The summed E-state index contributed by atoms with van der Waals surface area (Å²) in [5.74, 6) is 0. The molecule has 0 atom stereocenters. The predicted molar refractivity (Wildman–Crippen MR) is 102 cm³/mol. The third-order valence-electron chi connectivity index (χ3n) is 4.57. The largest absolute Gasteiger partial charge is 0.379 e. The molecule has 3 rings (SSSR count). The Morgan fingerprint density at radius 3 is 2.67 bits per heavy atom. The van der Waals surface area contributed by atoms with Crippen LogP contribution in [0.4, 0.5) is 0 Å². The van der Waals surface area contributed by atoms with Crippen LogP contribution in [0.2, 0.25) is 25.7 Å². The summed E-state index contributed by atoms with van der Waals surface area (Å²) in [7, 11) is -1.02. The second-order valence-corrected chi connectivity index (χ2v) is 13.5. The Hall–Kier alpha value is -1.14. The highest BCUT2D eigenvalue weighted by atomic mass is 28.3. The molecule has 5 heteroatoms. The lowest BCUT2D eigenvalue weighted by molar-refractivity contribution is 0.0342. The Morgan fingerprint density at radius 2 is 1.92 bits per heavy atom. The molecule has 4 nitrogen and oxygen atoms in total. The molecule has 0 amide bonds. The van der Waals surface area contributed by atoms with Crippen LogP contribution in [0.25, 0.3) is 10.9 Å². The molecule has 0 saturated carbocycles. The highest BCUT2D eigenvalue weighted by Gasteiger charge is 2.13. The first-order chi connectivity index (χ1) is 11.5. The van der Waals surface area contributed by atoms with Crippen molar-refractivity contribution in [1.82, 2.24) is 9.47 Å². The second-order valence-electron chi connectivity index (χ2n) is 7.92. The van der Waals surface area contributed by atoms with Gasteiger partial charge in [0.2, 0.25) is 0 Å². The quantitative estimate of drug-likeness (QED) is 0.564. The molecule has 1 fully saturated rings. The zero-order chi connectivity index (χ0) is 17.0. The van der Waals surface area contributed by atoms with Gasteiger partial charge in [-0.3, -0.25) is 4.90 Å². The van der Waals surface area contributed by atoms with E-state index in [0.29, 0.717) is 6.73 Å². The van der Waals surface area contributed by atoms with Gasteiger partial charge >= 0.3 is 0 Å². The van der Waals surface area contributed by atoms with Gasteiger partial charge in [-0.05, 0) is 29.1 Å². The molecular weight excluding hydrogens is 316 g/mol. The van der Waals surface area contributed by atoms with Crippen molar-refractivity contribution in [1.29, 1.82) is 0 Å². The molecule has 1 aliphatic heterocycles. The van der Waals surface area contributed by atoms with Crippen LogP contribution in [-0.2, 0) is 22.7 Å². The van der Waals surface area contributed by atoms with Crippen LogP contribution in [0.5, 0.6) is 0 Å². The number of nitrogens with zero attached hydrogens (tertiary/aromatic N) is 2. The van der Waals surface area contributed by atoms with Crippen LogP contribution in [0.1, 0.15) is 5.56 Å². The standard InChI is InChI=1S/C19H30N2O2Si/c1-24(2,3)13-12-23-16-21-7-6-18-5-4-17(14-19(18)21)15-20-8-10-22-11-9-20/h4-7,14H,8-13,15-16H2,1-3H3. The number of benzene rings is 1. The van der Waals surface area contributed by atoms with Crippen molar-refractivity contribution in [3.05, 3.63) is 36.0 Å². The van der Waals surface area contributed by atoms with E-state index < -0.39 is 8.07 Å². The molecule has 24 heavy (non-hydrogen) atoms. The molecule has 1 aromatic carbocycles. The number of morpholine rings is 1. The van der Waals surface area contributed by atoms with Gasteiger partial charge in [0.1, 0.15) is 6.73 Å². The molecule has 1 saturated heterocycles. The summed E-state index contributed by atoms with van der Waals surface area (Å²) in [5.41, 5.74) is 2.64. The number of aromatic nitrogens is 1. The molecule has 0 bridgehead atoms. The van der Waals surface area contributed by atoms with Crippen LogP contribution in [0.3, 0.4) is 0 Å². The molecule has 0 unspecified atom stereocenters. The zero-order valence-corrected chi connectivity index (χ0v) is 16.3. The van der Waals surface area contributed by atoms with Gasteiger partial charge in [0.05, 0.1) is 18.7 Å². The molecule has 0 aliphatic carbocycles. The van der Waals surface area contributed by atoms with Gasteiger partial charge in [0, 0.05) is 40.5 Å². The molecular formula is C19H30N2O2Si. The Balaban J connectivity index is 1.62. The van der Waals surface area contributed by atoms with Crippen molar-refractivity contribution in [2.24, 2.45) is 0 Å². The first kappa shape index (κ1) is 17.7. The Kier molecular flexibility index (Phi) is 5.76. The van der Waals surface area contributed by atoms with E-state index in [9.17, 15) is 0 Å². The van der Waals surface area contributed by atoms with Crippen molar-refractivity contribution < 1.29 is 9.47 Å². The number of ether oxygens (including phenoxy) is 2. The number of fused-ring (bicyclic) bond motifs is 1. The van der Waals surface area contributed by atoms with Crippen LogP contribution in [-0.4, -0.2) is 50.5 Å². The first-order valence-electron chi connectivity index (χ1n) is 8.97. The van der Waals surface area contributed by atoms with Gasteiger partial charge in [0.25, 0.3) is 0 Å². The third-order valence-corrected chi connectivity index (χ3v) is 6.28. The van der Waals surface area contributed by atoms with E-state index >= 15 is 0 Å². The Bertz CT molecular complexity index is 657. The van der Waals surface area contributed by atoms with Crippen molar-refractivity contribution >= 4 is 19.0 Å². The maximum absolute atomic E-state index is 5.92. The molecule has 0 radical (unpaired) electrons. The summed E-state index contributed by atoms with van der Waals surface area (Å²) >= 11 is 0. The van der Waals surface area contributed by atoms with E-state index in [1.54, 1.807) is 0 Å². The number of hydrogen-bond donors (Lipinski definition) is 0. The van der Waals surface area contributed by atoms with Crippen LogP contribution in [0, 0.1) is 0 Å². The minimum Gasteiger partial charge on any atom is -0.379 e. The normalized spacial score (nSPS) is 16.8. The molecule has 132 valence electrons. The Labute approximate surface area is 146 Å². The Morgan fingerprint density at radius 1 is 1.12 bits per heavy atom. The van der Waals surface area contributed by atoms with E-state index in [-0.39, 0.29) is 0 Å². The van der Waals surface area contributed by atoms with E-state index in [1.807, 2.05) is 0 Å². The minimum absolute atomic E-state index is 0.648. The van der Waals surface area contributed by atoms with Crippen molar-refractivity contribution in [3.8, 4) is 0 Å². The van der Waals surface area contributed by atoms with Gasteiger partial charge in [-0.15, -0.1) is 0 Å². The summed E-state index contributed by atoms with van der Waals surface area (Å²) < 4.78 is 13.6. The fourth-order valence-corrected chi connectivity index (χ4v) is 3.76. The van der Waals surface area contributed by atoms with E-state index in [1.165, 1.54) is 22.5 Å². The van der Waals surface area contributed by atoms with Gasteiger partial charge in [-0.25, -0.2) is 0 Å². The van der Waals surface area contributed by atoms with Crippen molar-refractivity contribution in [2.45, 2.75) is 39.0 Å². The van der Waals surface area contributed by atoms with Gasteiger partial charge in [-0.2, -0.15) is 0 Å². The van der Waals surface area contributed by atoms with Gasteiger partial charge in [0.15, 0.2) is 0 Å². The predicted octanol–water partition coefficient (Wildman–Crippen LogP) is 3.79. The fourth-order valence-electron chi connectivity index (χ4n) is 3.00. The molecule has 0 spiro atoms. The average molecular weight is 347 g/mol. The molecule has 1 aliphatic rings. The monoisotopic (exact) mass is 346 g/mol. The van der Waals surface area contributed by atoms with Crippen molar-refractivity contribution in [2.75, 3.05) is 32.9 Å².